The average Bonchev–Trinajstić information content (AvgIpc) is 3.24. The zero-order chi connectivity index (χ0) is 24.0. The van der Waals surface area contributed by atoms with Gasteiger partial charge in [0.25, 0.3) is 5.56 Å². The summed E-state index contributed by atoms with van der Waals surface area (Å²) in [6, 6.07) is 10.8. The molecule has 11 heteroatoms. The lowest BCUT2D eigenvalue weighted by molar-refractivity contribution is -0.115. The summed E-state index contributed by atoms with van der Waals surface area (Å²) in [5, 5.41) is 4.34. The number of amides is 1. The number of aromatic nitrogens is 2. The van der Waals surface area contributed by atoms with Crippen molar-refractivity contribution in [2.45, 2.75) is 19.9 Å². The van der Waals surface area contributed by atoms with Gasteiger partial charge in [-0.3, -0.25) is 19.1 Å². The third-order valence-electron chi connectivity index (χ3n) is 4.85. The van der Waals surface area contributed by atoms with E-state index in [1.807, 2.05) is 37.3 Å². The number of esters is 1. The number of hydrogen-bond donors (Lipinski definition) is 3. The lowest BCUT2D eigenvalue weighted by Crippen LogP contribution is -2.42. The minimum absolute atomic E-state index is 0.0281. The predicted molar refractivity (Wildman–Crippen MR) is 128 cm³/mol. The molecular weight excluding hydrogens is 446 g/mol. The van der Waals surface area contributed by atoms with E-state index in [4.69, 9.17) is 10.5 Å². The molecule has 0 fully saturated rings. The van der Waals surface area contributed by atoms with Gasteiger partial charge in [-0.2, -0.15) is 0 Å². The van der Waals surface area contributed by atoms with Gasteiger partial charge < -0.3 is 20.7 Å². The number of methoxy groups -OCH3 is 1. The van der Waals surface area contributed by atoms with Crippen LogP contribution in [0.1, 0.15) is 28.6 Å². The first kappa shape index (κ1) is 23.8. The highest BCUT2D eigenvalue weighted by molar-refractivity contribution is 7.12. The van der Waals surface area contributed by atoms with Gasteiger partial charge in [0, 0.05) is 6.54 Å². The smallest absolute Gasteiger partial charge is 0.350 e. The number of carbonyl (C=O) groups is 2. The van der Waals surface area contributed by atoms with Crippen molar-refractivity contribution >= 4 is 40.4 Å². The third-order valence-corrected chi connectivity index (χ3v) is 5.75. The SMILES string of the molecule is CCCN(CC(=O)Nc1ccsc1C(=O)OC)c1c(N)n(Cc2ccccc2)c(=O)[nH]c1=O. The number of thiophene rings is 1. The molecule has 0 bridgehead atoms. The van der Waals surface area contributed by atoms with Crippen LogP contribution in [0.4, 0.5) is 17.2 Å². The van der Waals surface area contributed by atoms with Crippen molar-refractivity contribution in [2.75, 3.05) is 36.1 Å². The van der Waals surface area contributed by atoms with Crippen molar-refractivity contribution in [1.29, 1.82) is 0 Å². The second-order valence-corrected chi connectivity index (χ2v) is 8.11. The molecule has 10 nitrogen and oxygen atoms in total. The number of nitrogens with two attached hydrogens (primary N) is 1. The number of ether oxygens (including phenoxy) is 1. The van der Waals surface area contributed by atoms with Crippen molar-refractivity contribution in [3.05, 3.63) is 73.1 Å². The van der Waals surface area contributed by atoms with Crippen molar-refractivity contribution in [3.63, 3.8) is 0 Å². The van der Waals surface area contributed by atoms with Gasteiger partial charge in [-0.1, -0.05) is 37.3 Å². The molecule has 1 amide bonds. The van der Waals surface area contributed by atoms with Crippen LogP contribution < -0.4 is 27.2 Å². The molecule has 2 aromatic heterocycles. The number of hydrogen-bond acceptors (Lipinski definition) is 8. The minimum Gasteiger partial charge on any atom is -0.465 e. The molecule has 2 heterocycles. The van der Waals surface area contributed by atoms with E-state index in [1.165, 1.54) is 16.6 Å². The van der Waals surface area contributed by atoms with Gasteiger partial charge >= 0.3 is 11.7 Å². The van der Waals surface area contributed by atoms with E-state index >= 15 is 0 Å². The number of benzene rings is 1. The Morgan fingerprint density at radius 2 is 1.94 bits per heavy atom. The second kappa shape index (κ2) is 10.6. The van der Waals surface area contributed by atoms with Gasteiger partial charge in [-0.05, 0) is 23.4 Å². The van der Waals surface area contributed by atoms with E-state index in [0.717, 1.165) is 16.9 Å². The van der Waals surface area contributed by atoms with Crippen LogP contribution in [0.5, 0.6) is 0 Å². The van der Waals surface area contributed by atoms with Gasteiger partial charge in [0.05, 0.1) is 25.9 Å². The van der Waals surface area contributed by atoms with Crippen LogP contribution in [-0.4, -0.2) is 41.6 Å². The zero-order valence-electron chi connectivity index (χ0n) is 18.3. The zero-order valence-corrected chi connectivity index (χ0v) is 19.1. The number of nitrogen functional groups attached to an aromatic ring is 1. The fourth-order valence-corrected chi connectivity index (χ4v) is 4.13. The molecule has 33 heavy (non-hydrogen) atoms. The molecule has 0 unspecified atom stereocenters. The fraction of sp³-hybridized carbons (Fsp3) is 0.273. The molecule has 174 valence electrons. The molecular formula is C22H25N5O5S. The van der Waals surface area contributed by atoms with Gasteiger partial charge in [0.2, 0.25) is 5.91 Å². The molecule has 0 aliphatic carbocycles. The Morgan fingerprint density at radius 3 is 2.61 bits per heavy atom. The number of aromatic amines is 1. The number of nitrogens with zero attached hydrogens (tertiary/aromatic N) is 2. The normalized spacial score (nSPS) is 10.6. The number of rotatable bonds is 9. The molecule has 0 saturated heterocycles. The molecule has 0 radical (unpaired) electrons. The van der Waals surface area contributed by atoms with Crippen LogP contribution in [-0.2, 0) is 16.1 Å². The summed E-state index contributed by atoms with van der Waals surface area (Å²) in [5.41, 5.74) is 6.16. The fourth-order valence-electron chi connectivity index (χ4n) is 3.37. The Hall–Kier alpha value is -3.86. The lowest BCUT2D eigenvalue weighted by atomic mass is 10.2. The summed E-state index contributed by atoms with van der Waals surface area (Å²) >= 11 is 1.14. The maximum Gasteiger partial charge on any atom is 0.350 e. The molecule has 0 spiro atoms. The summed E-state index contributed by atoms with van der Waals surface area (Å²) in [7, 11) is 1.26. The summed E-state index contributed by atoms with van der Waals surface area (Å²) in [6.45, 7) is 2.20. The predicted octanol–water partition coefficient (Wildman–Crippen LogP) is 1.87. The first-order valence-electron chi connectivity index (χ1n) is 10.2. The molecule has 4 N–H and O–H groups in total. The highest BCUT2D eigenvalue weighted by Gasteiger charge is 2.22. The van der Waals surface area contributed by atoms with Crippen LogP contribution in [0.15, 0.2) is 51.4 Å². The molecule has 0 aliphatic rings. The Balaban J connectivity index is 1.90. The van der Waals surface area contributed by atoms with E-state index in [-0.39, 0.29) is 29.5 Å². The van der Waals surface area contributed by atoms with Gasteiger partial charge in [0.15, 0.2) is 0 Å². The quantitative estimate of drug-likeness (QED) is 0.405. The Bertz CT molecular complexity index is 1250. The Kier molecular flexibility index (Phi) is 7.67. The largest absolute Gasteiger partial charge is 0.465 e. The molecule has 1 aromatic carbocycles. The first-order chi connectivity index (χ1) is 15.8. The summed E-state index contributed by atoms with van der Waals surface area (Å²) in [6.07, 6.45) is 0.621. The van der Waals surface area contributed by atoms with Crippen LogP contribution in [0.25, 0.3) is 0 Å². The van der Waals surface area contributed by atoms with Crippen molar-refractivity contribution < 1.29 is 14.3 Å². The highest BCUT2D eigenvalue weighted by Crippen LogP contribution is 2.24. The highest BCUT2D eigenvalue weighted by atomic mass is 32.1. The summed E-state index contributed by atoms with van der Waals surface area (Å²) in [5.74, 6) is -1.04. The third kappa shape index (κ3) is 5.50. The summed E-state index contributed by atoms with van der Waals surface area (Å²) in [4.78, 5) is 53.9. The molecule has 0 saturated carbocycles. The molecule has 0 atom stereocenters. The van der Waals surface area contributed by atoms with Crippen LogP contribution in [0.2, 0.25) is 0 Å². The summed E-state index contributed by atoms with van der Waals surface area (Å²) < 4.78 is 5.99. The van der Waals surface area contributed by atoms with Crippen molar-refractivity contribution in [1.82, 2.24) is 9.55 Å². The maximum atomic E-state index is 12.8. The van der Waals surface area contributed by atoms with Gasteiger partial charge in [-0.15, -0.1) is 11.3 Å². The monoisotopic (exact) mass is 471 g/mol. The van der Waals surface area contributed by atoms with E-state index in [0.29, 0.717) is 18.7 Å². The standard InChI is InChI=1S/C22H25N5O5S/c1-3-10-26(13-16(28)24-15-9-11-33-18(15)21(30)32-2)17-19(23)27(22(31)25-20(17)29)12-14-7-5-4-6-8-14/h4-9,11H,3,10,12-13,23H2,1-2H3,(H,24,28)(H,25,29,31). The lowest BCUT2D eigenvalue weighted by Gasteiger charge is -2.25. The van der Waals surface area contributed by atoms with Gasteiger partial charge in [0.1, 0.15) is 16.4 Å². The second-order valence-electron chi connectivity index (χ2n) is 7.19. The first-order valence-corrected chi connectivity index (χ1v) is 11.1. The van der Waals surface area contributed by atoms with Crippen molar-refractivity contribution in [2.24, 2.45) is 0 Å². The van der Waals surface area contributed by atoms with Crippen LogP contribution in [0.3, 0.4) is 0 Å². The van der Waals surface area contributed by atoms with E-state index in [1.54, 1.807) is 11.4 Å². The van der Waals surface area contributed by atoms with E-state index in [9.17, 15) is 19.2 Å². The van der Waals surface area contributed by atoms with Crippen LogP contribution >= 0.6 is 11.3 Å². The molecule has 3 aromatic rings. The Labute approximate surface area is 193 Å². The maximum absolute atomic E-state index is 12.8. The van der Waals surface area contributed by atoms with Crippen molar-refractivity contribution in [3.8, 4) is 0 Å². The number of anilines is 3. The van der Waals surface area contributed by atoms with Crippen LogP contribution in [0, 0.1) is 0 Å². The number of H-pyrrole nitrogens is 1. The van der Waals surface area contributed by atoms with Gasteiger partial charge in [-0.25, -0.2) is 9.59 Å². The average molecular weight is 472 g/mol. The Morgan fingerprint density at radius 1 is 1.21 bits per heavy atom. The van der Waals surface area contributed by atoms with E-state index < -0.39 is 23.1 Å². The minimum atomic E-state index is -0.672. The van der Waals surface area contributed by atoms with E-state index in [2.05, 4.69) is 10.3 Å². The molecule has 0 aliphatic heterocycles. The topological polar surface area (TPSA) is 140 Å². The number of carbonyl (C=O) groups excluding carboxylic acids is 2. The molecule has 3 rings (SSSR count). The number of nitrogens with one attached hydrogen (secondary N) is 2.